The van der Waals surface area contributed by atoms with Crippen LogP contribution in [0.3, 0.4) is 0 Å². The maximum atomic E-state index is 6.26. The van der Waals surface area contributed by atoms with E-state index in [2.05, 4.69) is 259 Å². The highest BCUT2D eigenvalue weighted by molar-refractivity contribution is 6.10. The van der Waals surface area contributed by atoms with Crippen LogP contribution >= 0.6 is 0 Å². The SMILES string of the molecule is CC(C)(C)c1cc(-c2cccc3cccc(-c4ccccc4N(c4cccc(-c5ccc6oc7ccccc7c6c5)c4)c4ccccc4-c4ccc(-c5ccccc5)cc4)c23)cc(C(C)(C)C)c1. The van der Waals surface area contributed by atoms with E-state index in [0.29, 0.717) is 0 Å². The van der Waals surface area contributed by atoms with Crippen LogP contribution in [-0.2, 0) is 10.8 Å². The van der Waals surface area contributed by atoms with Crippen molar-refractivity contribution >= 4 is 49.8 Å². The molecule has 0 fully saturated rings. The van der Waals surface area contributed by atoms with Gasteiger partial charge >= 0.3 is 0 Å². The molecule has 0 aliphatic heterocycles. The number of nitrogens with zero attached hydrogens (tertiary/aromatic N) is 1. The molecule has 0 unspecified atom stereocenters. The fourth-order valence-corrected chi connectivity index (χ4v) is 9.88. The van der Waals surface area contributed by atoms with Gasteiger partial charge in [0.1, 0.15) is 11.2 Å². The summed E-state index contributed by atoms with van der Waals surface area (Å²) in [5.41, 5.74) is 19.5. The molecule has 0 atom stereocenters. The fourth-order valence-electron chi connectivity index (χ4n) is 9.88. The van der Waals surface area contributed by atoms with E-state index in [1.165, 1.54) is 49.7 Å². The van der Waals surface area contributed by atoms with Crippen LogP contribution in [0.2, 0.25) is 0 Å². The summed E-state index contributed by atoms with van der Waals surface area (Å²) in [4.78, 5) is 2.48. The molecule has 0 spiro atoms. The van der Waals surface area contributed by atoms with Crippen LogP contribution < -0.4 is 4.90 Å². The molecular weight excluding hydrogens is 823 g/mol. The average Bonchev–Trinajstić information content (AvgIpc) is 3.74. The monoisotopic (exact) mass is 877 g/mol. The molecule has 11 rings (SSSR count). The summed E-state index contributed by atoms with van der Waals surface area (Å²) >= 11 is 0. The van der Waals surface area contributed by atoms with Gasteiger partial charge < -0.3 is 9.32 Å². The van der Waals surface area contributed by atoms with Gasteiger partial charge in [0, 0.05) is 27.6 Å². The van der Waals surface area contributed by atoms with Gasteiger partial charge in [0.05, 0.1) is 11.4 Å². The van der Waals surface area contributed by atoms with E-state index in [1.54, 1.807) is 0 Å². The molecule has 1 heterocycles. The van der Waals surface area contributed by atoms with Gasteiger partial charge in [-0.15, -0.1) is 0 Å². The van der Waals surface area contributed by atoms with Crippen LogP contribution in [0.5, 0.6) is 0 Å². The number of anilines is 3. The Morgan fingerprint density at radius 3 is 1.56 bits per heavy atom. The molecule has 0 radical (unpaired) electrons. The summed E-state index contributed by atoms with van der Waals surface area (Å²) < 4.78 is 6.26. The smallest absolute Gasteiger partial charge is 0.135 e. The van der Waals surface area contributed by atoms with Crippen LogP contribution in [-0.4, -0.2) is 0 Å². The van der Waals surface area contributed by atoms with Crippen molar-refractivity contribution in [1.82, 2.24) is 0 Å². The summed E-state index contributed by atoms with van der Waals surface area (Å²) in [6.45, 7) is 13.9. The fraction of sp³-hybridized carbons (Fsp3) is 0.121. The van der Waals surface area contributed by atoms with E-state index < -0.39 is 0 Å². The third-order valence-corrected chi connectivity index (χ3v) is 13.6. The zero-order valence-electron chi connectivity index (χ0n) is 39.7. The second-order valence-corrected chi connectivity index (χ2v) is 20.2. The quantitative estimate of drug-likeness (QED) is 0.151. The third kappa shape index (κ3) is 7.96. The number of hydrogen-bond acceptors (Lipinski definition) is 2. The summed E-state index contributed by atoms with van der Waals surface area (Å²) in [6, 6.07) is 82.2. The molecule has 1 aromatic heterocycles. The summed E-state index contributed by atoms with van der Waals surface area (Å²) in [7, 11) is 0. The molecule has 0 saturated heterocycles. The molecule has 330 valence electrons. The molecule has 0 aliphatic carbocycles. The van der Waals surface area contributed by atoms with Gasteiger partial charge in [0.2, 0.25) is 0 Å². The van der Waals surface area contributed by atoms with Crippen LogP contribution in [0.15, 0.2) is 229 Å². The highest BCUT2D eigenvalue weighted by Crippen LogP contribution is 2.48. The van der Waals surface area contributed by atoms with Gasteiger partial charge in [-0.25, -0.2) is 0 Å². The van der Waals surface area contributed by atoms with Crippen molar-refractivity contribution in [1.29, 1.82) is 0 Å². The van der Waals surface area contributed by atoms with E-state index >= 15 is 0 Å². The van der Waals surface area contributed by atoms with E-state index in [4.69, 9.17) is 4.42 Å². The molecule has 0 amide bonds. The van der Waals surface area contributed by atoms with Crippen molar-refractivity contribution in [3.63, 3.8) is 0 Å². The second kappa shape index (κ2) is 17.0. The first-order valence-corrected chi connectivity index (χ1v) is 23.8. The molecular formula is C66H55NO. The minimum atomic E-state index is -0.0155. The lowest BCUT2D eigenvalue weighted by molar-refractivity contribution is 0.569. The molecule has 0 saturated carbocycles. The van der Waals surface area contributed by atoms with Crippen molar-refractivity contribution < 1.29 is 4.42 Å². The zero-order chi connectivity index (χ0) is 46.6. The number of hydrogen-bond donors (Lipinski definition) is 0. The topological polar surface area (TPSA) is 16.4 Å². The van der Waals surface area contributed by atoms with Crippen molar-refractivity contribution in [3.05, 3.63) is 236 Å². The normalized spacial score (nSPS) is 12.0. The number of benzene rings is 10. The number of fused-ring (bicyclic) bond motifs is 4. The van der Waals surface area contributed by atoms with Crippen LogP contribution in [0, 0.1) is 0 Å². The molecule has 11 aromatic rings. The van der Waals surface area contributed by atoms with Gasteiger partial charge in [0.25, 0.3) is 0 Å². The Kier molecular flexibility index (Phi) is 10.7. The molecule has 0 aliphatic rings. The lowest BCUT2D eigenvalue weighted by atomic mass is 9.78. The Morgan fingerprint density at radius 1 is 0.324 bits per heavy atom. The standard InChI is InChI=1S/C66H55NO/c1-65(2,3)51-39-50(40-52(43-51)66(4,5)6)55-28-17-21-47-22-18-29-58(64(47)55)56-26-11-14-31-61(56)67(60-30-13-10-25-54(60)46-35-33-45(34-36-46)44-19-8-7-9-20-44)53-24-16-23-48(41-53)49-37-38-63-59(42-49)57-27-12-15-32-62(57)68-63/h7-43H,1-6H3. The van der Waals surface area contributed by atoms with Crippen LogP contribution in [0.25, 0.3) is 88.3 Å². The highest BCUT2D eigenvalue weighted by Gasteiger charge is 2.25. The largest absolute Gasteiger partial charge is 0.456 e. The van der Waals surface area contributed by atoms with Crippen LogP contribution in [0.4, 0.5) is 17.1 Å². The Morgan fingerprint density at radius 2 is 0.838 bits per heavy atom. The summed E-state index contributed by atoms with van der Waals surface area (Å²) in [5.74, 6) is 0. The molecule has 0 bridgehead atoms. The summed E-state index contributed by atoms with van der Waals surface area (Å²) in [5, 5.41) is 4.69. The zero-order valence-corrected chi connectivity index (χ0v) is 39.7. The Hall–Kier alpha value is -7.94. The number of para-hydroxylation sites is 3. The predicted octanol–water partition coefficient (Wildman–Crippen LogP) is 19.1. The van der Waals surface area contributed by atoms with Gasteiger partial charge in [-0.2, -0.15) is 0 Å². The lowest BCUT2D eigenvalue weighted by Crippen LogP contribution is -2.16. The molecule has 2 nitrogen and oxygen atoms in total. The lowest BCUT2D eigenvalue weighted by Gasteiger charge is -2.30. The molecule has 0 N–H and O–H groups in total. The van der Waals surface area contributed by atoms with Crippen LogP contribution in [0.1, 0.15) is 52.7 Å². The van der Waals surface area contributed by atoms with Gasteiger partial charge in [-0.1, -0.05) is 224 Å². The minimum Gasteiger partial charge on any atom is -0.456 e. The highest BCUT2D eigenvalue weighted by atomic mass is 16.3. The van der Waals surface area contributed by atoms with Crippen molar-refractivity contribution in [2.24, 2.45) is 0 Å². The maximum absolute atomic E-state index is 6.26. The predicted molar refractivity (Wildman–Crippen MR) is 290 cm³/mol. The first-order chi connectivity index (χ1) is 33.0. The molecule has 68 heavy (non-hydrogen) atoms. The third-order valence-electron chi connectivity index (χ3n) is 13.6. The van der Waals surface area contributed by atoms with Gasteiger partial charge in [0.15, 0.2) is 0 Å². The van der Waals surface area contributed by atoms with E-state index in [0.717, 1.165) is 66.8 Å². The van der Waals surface area contributed by atoms with Crippen molar-refractivity contribution in [3.8, 4) is 55.6 Å². The Labute approximate surface area is 400 Å². The van der Waals surface area contributed by atoms with E-state index in [1.807, 2.05) is 12.1 Å². The number of rotatable bonds is 8. The Bertz CT molecular complexity index is 3600. The average molecular weight is 878 g/mol. The van der Waals surface area contributed by atoms with Gasteiger partial charge in [-0.3, -0.25) is 0 Å². The molecule has 10 aromatic carbocycles. The maximum Gasteiger partial charge on any atom is 0.135 e. The summed E-state index contributed by atoms with van der Waals surface area (Å²) in [6.07, 6.45) is 0. The van der Waals surface area contributed by atoms with E-state index in [9.17, 15) is 0 Å². The number of furan rings is 1. The van der Waals surface area contributed by atoms with Crippen molar-refractivity contribution in [2.75, 3.05) is 4.90 Å². The van der Waals surface area contributed by atoms with Crippen molar-refractivity contribution in [2.45, 2.75) is 52.4 Å². The first kappa shape index (κ1) is 42.7. The first-order valence-electron chi connectivity index (χ1n) is 23.8. The van der Waals surface area contributed by atoms with E-state index in [-0.39, 0.29) is 10.8 Å². The minimum absolute atomic E-state index is 0.0155. The second-order valence-electron chi connectivity index (χ2n) is 20.2. The van der Waals surface area contributed by atoms with Gasteiger partial charge in [-0.05, 0) is 120 Å². The molecule has 2 heteroatoms. The Balaban J connectivity index is 1.13.